The zero-order valence-corrected chi connectivity index (χ0v) is 18.1. The predicted molar refractivity (Wildman–Crippen MR) is 115 cm³/mol. The van der Waals surface area contributed by atoms with Gasteiger partial charge in [0.05, 0.1) is 29.7 Å². The number of likely N-dealkylation sites (tertiary alicyclic amines) is 1. The summed E-state index contributed by atoms with van der Waals surface area (Å²) >= 11 is 0. The van der Waals surface area contributed by atoms with Crippen LogP contribution in [0.2, 0.25) is 0 Å². The molecule has 9 heteroatoms. The van der Waals surface area contributed by atoms with Gasteiger partial charge in [-0.3, -0.25) is 9.59 Å². The number of nitrogens with zero attached hydrogens (tertiary/aromatic N) is 1. The van der Waals surface area contributed by atoms with Gasteiger partial charge in [-0.25, -0.2) is 12.8 Å². The molecule has 2 aliphatic rings. The van der Waals surface area contributed by atoms with Crippen molar-refractivity contribution in [2.75, 3.05) is 18.1 Å². The maximum absolute atomic E-state index is 14.8. The fourth-order valence-corrected chi connectivity index (χ4v) is 5.99. The van der Waals surface area contributed by atoms with Crippen molar-refractivity contribution >= 4 is 27.3 Å². The van der Waals surface area contributed by atoms with Gasteiger partial charge >= 0.3 is 0 Å². The van der Waals surface area contributed by atoms with Crippen LogP contribution in [0.15, 0.2) is 54.1 Å². The number of halogens is 1. The van der Waals surface area contributed by atoms with E-state index in [4.69, 9.17) is 4.74 Å². The van der Waals surface area contributed by atoms with Crippen molar-refractivity contribution in [1.29, 1.82) is 0 Å². The van der Waals surface area contributed by atoms with Crippen LogP contribution in [0.25, 0.3) is 5.76 Å². The zero-order valence-electron chi connectivity index (χ0n) is 17.3. The van der Waals surface area contributed by atoms with Crippen LogP contribution in [0.5, 0.6) is 5.75 Å². The maximum Gasteiger partial charge on any atom is 0.295 e. The Labute approximate surface area is 185 Å². The molecule has 4 rings (SSSR count). The van der Waals surface area contributed by atoms with E-state index in [0.717, 1.165) is 4.90 Å². The molecule has 2 aromatic rings. The third-order valence-corrected chi connectivity index (χ3v) is 7.45. The number of hydrogen-bond donors (Lipinski definition) is 1. The molecule has 0 aromatic heterocycles. The largest absolute Gasteiger partial charge is 0.507 e. The van der Waals surface area contributed by atoms with Crippen LogP contribution < -0.4 is 4.74 Å². The predicted octanol–water partition coefficient (Wildman–Crippen LogP) is 2.83. The minimum atomic E-state index is -3.39. The quantitative estimate of drug-likeness (QED) is 0.419. The van der Waals surface area contributed by atoms with Crippen LogP contribution in [-0.2, 0) is 19.4 Å². The lowest BCUT2D eigenvalue weighted by Gasteiger charge is -2.30. The summed E-state index contributed by atoms with van der Waals surface area (Å²) in [5.74, 6) is -3.06. The van der Waals surface area contributed by atoms with Crippen molar-refractivity contribution in [2.45, 2.75) is 25.4 Å². The van der Waals surface area contributed by atoms with Crippen LogP contribution in [0, 0.1) is 5.82 Å². The Morgan fingerprint density at radius 2 is 1.94 bits per heavy atom. The number of benzene rings is 2. The molecule has 0 radical (unpaired) electrons. The number of ether oxygens (including phenoxy) is 1. The number of hydrogen-bond acceptors (Lipinski definition) is 6. The van der Waals surface area contributed by atoms with E-state index in [9.17, 15) is 27.5 Å². The van der Waals surface area contributed by atoms with Crippen LogP contribution in [-0.4, -0.2) is 54.3 Å². The molecule has 0 spiro atoms. The lowest BCUT2D eigenvalue weighted by molar-refractivity contribution is -0.141. The summed E-state index contributed by atoms with van der Waals surface area (Å²) in [6, 6.07) is 9.97. The van der Waals surface area contributed by atoms with E-state index in [0.29, 0.717) is 12.4 Å². The molecule has 2 atom stereocenters. The highest BCUT2D eigenvalue weighted by molar-refractivity contribution is 7.91. The molecule has 2 fully saturated rings. The summed E-state index contributed by atoms with van der Waals surface area (Å²) in [5.41, 5.74) is -0.0362. The smallest absolute Gasteiger partial charge is 0.295 e. The summed E-state index contributed by atoms with van der Waals surface area (Å²) in [7, 11) is -3.39. The van der Waals surface area contributed by atoms with E-state index >= 15 is 0 Å². The van der Waals surface area contributed by atoms with Crippen molar-refractivity contribution in [1.82, 2.24) is 4.90 Å². The third kappa shape index (κ3) is 3.88. The molecule has 0 unspecified atom stereocenters. The van der Waals surface area contributed by atoms with Crippen LogP contribution in [0.4, 0.5) is 4.39 Å². The Kier molecular flexibility index (Phi) is 5.77. The highest BCUT2D eigenvalue weighted by Gasteiger charge is 2.51. The fourth-order valence-electron chi connectivity index (χ4n) is 4.28. The number of carbonyl (C=O) groups is 2. The number of ketones is 1. The zero-order chi connectivity index (χ0) is 23.0. The first-order valence-corrected chi connectivity index (χ1v) is 12.0. The van der Waals surface area contributed by atoms with Crippen molar-refractivity contribution in [2.24, 2.45) is 0 Å². The number of sulfone groups is 1. The first-order chi connectivity index (χ1) is 15.2. The molecule has 2 heterocycles. The molecular formula is C23H22FNO6S. The standard InChI is InChI=1S/C23H22FNO6S/c1-2-31-16-7-5-6-14(12-16)21(26)19-20(17-8-3-4-9-18(17)24)25(23(28)22(19)27)15-10-11-32(29,30)13-15/h3-9,12,15,20,26H,2,10-11,13H2,1H3/t15-,20-/m0/s1. The van der Waals surface area contributed by atoms with Crippen molar-refractivity contribution in [3.63, 3.8) is 0 Å². The molecule has 2 aliphatic heterocycles. The van der Waals surface area contributed by atoms with E-state index < -0.39 is 45.2 Å². The molecule has 7 nitrogen and oxygen atoms in total. The molecule has 32 heavy (non-hydrogen) atoms. The normalized spacial score (nSPS) is 24.1. The molecule has 1 amide bonds. The summed E-state index contributed by atoms with van der Waals surface area (Å²) < 4.78 is 44.4. The maximum atomic E-state index is 14.8. The number of carbonyl (C=O) groups excluding carboxylic acids is 2. The lowest BCUT2D eigenvalue weighted by atomic mass is 9.94. The van der Waals surface area contributed by atoms with Crippen molar-refractivity contribution < 1.29 is 32.2 Å². The molecule has 0 saturated carbocycles. The van der Waals surface area contributed by atoms with Crippen LogP contribution in [0.1, 0.15) is 30.5 Å². The van der Waals surface area contributed by atoms with Crippen LogP contribution in [0.3, 0.4) is 0 Å². The minimum absolute atomic E-state index is 0.0125. The third-order valence-electron chi connectivity index (χ3n) is 5.70. The number of rotatable bonds is 5. The van der Waals surface area contributed by atoms with Gasteiger partial charge in [-0.05, 0) is 31.5 Å². The van der Waals surface area contributed by atoms with Gasteiger partial charge in [0, 0.05) is 17.2 Å². The number of aliphatic hydroxyl groups excluding tert-OH is 1. The first kappa shape index (κ1) is 22.0. The van der Waals surface area contributed by atoms with Gasteiger partial charge in [0.1, 0.15) is 17.3 Å². The van der Waals surface area contributed by atoms with Gasteiger partial charge < -0.3 is 14.7 Å². The van der Waals surface area contributed by atoms with E-state index in [-0.39, 0.29) is 34.6 Å². The minimum Gasteiger partial charge on any atom is -0.507 e. The number of Topliss-reactive ketones (excluding diaryl/α,β-unsaturated/α-hetero) is 1. The summed E-state index contributed by atoms with van der Waals surface area (Å²) in [6.07, 6.45) is 0.139. The molecular weight excluding hydrogens is 437 g/mol. The van der Waals surface area contributed by atoms with E-state index in [1.807, 2.05) is 0 Å². The summed E-state index contributed by atoms with van der Waals surface area (Å²) in [4.78, 5) is 27.2. The Hall–Kier alpha value is -3.20. The Bertz CT molecular complexity index is 1220. The second kappa shape index (κ2) is 8.38. The topological polar surface area (TPSA) is 101 Å². The Balaban J connectivity index is 1.89. The van der Waals surface area contributed by atoms with E-state index in [2.05, 4.69) is 0 Å². The monoisotopic (exact) mass is 459 g/mol. The molecule has 2 saturated heterocycles. The van der Waals surface area contributed by atoms with E-state index in [1.165, 1.54) is 24.3 Å². The highest BCUT2D eigenvalue weighted by atomic mass is 32.2. The van der Waals surface area contributed by atoms with Crippen molar-refractivity contribution in [3.8, 4) is 5.75 Å². The second-order valence-electron chi connectivity index (χ2n) is 7.75. The van der Waals surface area contributed by atoms with Gasteiger partial charge in [-0.15, -0.1) is 0 Å². The molecule has 1 N–H and O–H groups in total. The molecule has 0 bridgehead atoms. The average molecular weight is 459 g/mol. The van der Waals surface area contributed by atoms with Crippen LogP contribution >= 0.6 is 0 Å². The second-order valence-corrected chi connectivity index (χ2v) is 9.97. The summed E-state index contributed by atoms with van der Waals surface area (Å²) in [5, 5.41) is 11.1. The first-order valence-electron chi connectivity index (χ1n) is 10.2. The fraction of sp³-hybridized carbons (Fsp3) is 0.304. The van der Waals surface area contributed by atoms with Gasteiger partial charge in [0.25, 0.3) is 11.7 Å². The summed E-state index contributed by atoms with van der Waals surface area (Å²) in [6.45, 7) is 2.19. The molecule has 0 aliphatic carbocycles. The van der Waals surface area contributed by atoms with Gasteiger partial charge in [-0.2, -0.15) is 0 Å². The number of amides is 1. The number of aliphatic hydroxyl groups is 1. The van der Waals surface area contributed by atoms with Gasteiger partial charge in [-0.1, -0.05) is 30.3 Å². The highest BCUT2D eigenvalue weighted by Crippen LogP contribution is 2.43. The molecule has 2 aromatic carbocycles. The molecule has 168 valence electrons. The Morgan fingerprint density at radius 1 is 1.19 bits per heavy atom. The average Bonchev–Trinajstić information content (AvgIpc) is 3.24. The Morgan fingerprint density at radius 3 is 2.59 bits per heavy atom. The SMILES string of the molecule is CCOc1cccc(C(O)=C2C(=O)C(=O)N([C@H]3CCS(=O)(=O)C3)[C@H]2c2ccccc2F)c1. The van der Waals surface area contributed by atoms with Gasteiger partial charge in [0.15, 0.2) is 9.84 Å². The van der Waals surface area contributed by atoms with Gasteiger partial charge in [0.2, 0.25) is 0 Å². The van der Waals surface area contributed by atoms with Crippen molar-refractivity contribution in [3.05, 3.63) is 71.0 Å². The van der Waals surface area contributed by atoms with E-state index in [1.54, 1.807) is 31.2 Å². The lowest BCUT2D eigenvalue weighted by Crippen LogP contribution is -2.40.